The van der Waals surface area contributed by atoms with E-state index in [1.54, 1.807) is 0 Å². The van der Waals surface area contributed by atoms with Gasteiger partial charge in [-0.3, -0.25) is 4.90 Å². The largest absolute Gasteiger partial charge is 0.378 e. The number of hydrogen-bond donors (Lipinski definition) is 0. The summed E-state index contributed by atoms with van der Waals surface area (Å²) in [7, 11) is 0. The number of aromatic nitrogens is 2. The van der Waals surface area contributed by atoms with Crippen LogP contribution < -0.4 is 0 Å². The van der Waals surface area contributed by atoms with Crippen LogP contribution in [0.4, 0.5) is 0 Å². The van der Waals surface area contributed by atoms with Crippen LogP contribution in [0.25, 0.3) is 11.4 Å². The van der Waals surface area contributed by atoms with E-state index in [-0.39, 0.29) is 6.04 Å². The molecule has 1 aromatic heterocycles. The molecular formula is C17H20BrN3O2. The van der Waals surface area contributed by atoms with Gasteiger partial charge in [-0.25, -0.2) is 0 Å². The summed E-state index contributed by atoms with van der Waals surface area (Å²) in [6.07, 6.45) is 5.18. The highest BCUT2D eigenvalue weighted by atomic mass is 79.9. The molecule has 0 bridgehead atoms. The monoisotopic (exact) mass is 377 g/mol. The fourth-order valence-corrected chi connectivity index (χ4v) is 4.02. The third-order valence-corrected chi connectivity index (χ3v) is 5.27. The lowest BCUT2D eigenvalue weighted by molar-refractivity contribution is -0.0397. The van der Waals surface area contributed by atoms with E-state index in [9.17, 15) is 0 Å². The lowest BCUT2D eigenvalue weighted by Gasteiger charge is -2.37. The van der Waals surface area contributed by atoms with Gasteiger partial charge in [-0.15, -0.1) is 0 Å². The SMILES string of the molecule is Brc1cccc(-c2noc([C@H]3COCCN3C3CCCC3)n2)c1. The van der Waals surface area contributed by atoms with E-state index in [0.29, 0.717) is 24.4 Å². The molecule has 2 heterocycles. The van der Waals surface area contributed by atoms with Crippen LogP contribution in [0, 0.1) is 0 Å². The number of benzene rings is 1. The Morgan fingerprint density at radius 3 is 2.91 bits per heavy atom. The van der Waals surface area contributed by atoms with Crippen molar-refractivity contribution in [3.05, 3.63) is 34.6 Å². The number of morpholine rings is 1. The first-order chi connectivity index (χ1) is 11.3. The molecule has 122 valence electrons. The summed E-state index contributed by atoms with van der Waals surface area (Å²) in [5.41, 5.74) is 0.957. The van der Waals surface area contributed by atoms with Crippen molar-refractivity contribution in [3.63, 3.8) is 0 Å². The lowest BCUT2D eigenvalue weighted by atomic mass is 10.1. The van der Waals surface area contributed by atoms with Crippen molar-refractivity contribution >= 4 is 15.9 Å². The highest BCUT2D eigenvalue weighted by Crippen LogP contribution is 2.33. The molecule has 6 heteroatoms. The van der Waals surface area contributed by atoms with E-state index in [1.807, 2.05) is 24.3 Å². The molecule has 0 N–H and O–H groups in total. The molecule has 0 spiro atoms. The highest BCUT2D eigenvalue weighted by Gasteiger charge is 2.35. The fraction of sp³-hybridized carbons (Fsp3) is 0.529. The van der Waals surface area contributed by atoms with Gasteiger partial charge < -0.3 is 9.26 Å². The first-order valence-corrected chi connectivity index (χ1v) is 9.03. The maximum Gasteiger partial charge on any atom is 0.246 e. The Bertz CT molecular complexity index is 669. The average Bonchev–Trinajstić information content (AvgIpc) is 3.27. The summed E-state index contributed by atoms with van der Waals surface area (Å²) >= 11 is 3.48. The normalized spacial score (nSPS) is 23.4. The molecule has 2 aliphatic rings. The van der Waals surface area contributed by atoms with Crippen LogP contribution in [-0.4, -0.2) is 40.8 Å². The van der Waals surface area contributed by atoms with Crippen LogP contribution in [-0.2, 0) is 4.74 Å². The van der Waals surface area contributed by atoms with Gasteiger partial charge in [-0.1, -0.05) is 46.1 Å². The average molecular weight is 378 g/mol. The van der Waals surface area contributed by atoms with E-state index in [1.165, 1.54) is 25.7 Å². The minimum absolute atomic E-state index is 0.0836. The number of nitrogens with zero attached hydrogens (tertiary/aromatic N) is 3. The van der Waals surface area contributed by atoms with Gasteiger partial charge >= 0.3 is 0 Å². The van der Waals surface area contributed by atoms with Crippen molar-refractivity contribution in [3.8, 4) is 11.4 Å². The minimum atomic E-state index is 0.0836. The molecule has 1 saturated heterocycles. The first-order valence-electron chi connectivity index (χ1n) is 8.24. The van der Waals surface area contributed by atoms with Crippen LogP contribution in [0.1, 0.15) is 37.6 Å². The molecule has 4 rings (SSSR count). The minimum Gasteiger partial charge on any atom is -0.378 e. The zero-order valence-corrected chi connectivity index (χ0v) is 14.5. The number of rotatable bonds is 3. The third kappa shape index (κ3) is 3.20. The van der Waals surface area contributed by atoms with Crippen LogP contribution in [0.15, 0.2) is 33.3 Å². The van der Waals surface area contributed by atoms with Crippen LogP contribution in [0.2, 0.25) is 0 Å². The molecule has 0 radical (unpaired) electrons. The number of ether oxygens (including phenoxy) is 1. The Morgan fingerprint density at radius 2 is 2.09 bits per heavy atom. The molecule has 5 nitrogen and oxygen atoms in total. The van der Waals surface area contributed by atoms with E-state index in [2.05, 4.69) is 31.0 Å². The van der Waals surface area contributed by atoms with Gasteiger partial charge in [0, 0.05) is 22.6 Å². The summed E-state index contributed by atoms with van der Waals surface area (Å²) in [5, 5.41) is 4.17. The first kappa shape index (κ1) is 15.3. The van der Waals surface area contributed by atoms with Crippen LogP contribution in [0.5, 0.6) is 0 Å². The Morgan fingerprint density at radius 1 is 1.22 bits per heavy atom. The molecule has 1 saturated carbocycles. The summed E-state index contributed by atoms with van der Waals surface area (Å²) < 4.78 is 12.3. The molecule has 1 aliphatic carbocycles. The second-order valence-electron chi connectivity index (χ2n) is 6.23. The van der Waals surface area contributed by atoms with Gasteiger partial charge in [-0.05, 0) is 25.0 Å². The Labute approximate surface area is 144 Å². The molecule has 2 aromatic rings. The molecule has 1 atom stereocenters. The zero-order chi connectivity index (χ0) is 15.6. The van der Waals surface area contributed by atoms with E-state index >= 15 is 0 Å². The van der Waals surface area contributed by atoms with Crippen molar-refractivity contribution < 1.29 is 9.26 Å². The van der Waals surface area contributed by atoms with Crippen molar-refractivity contribution in [2.45, 2.75) is 37.8 Å². The smallest absolute Gasteiger partial charge is 0.246 e. The van der Waals surface area contributed by atoms with Crippen molar-refractivity contribution in [2.24, 2.45) is 0 Å². The second-order valence-corrected chi connectivity index (χ2v) is 7.15. The molecule has 0 unspecified atom stereocenters. The summed E-state index contributed by atoms with van der Waals surface area (Å²) in [6, 6.07) is 8.67. The predicted octanol–water partition coefficient (Wildman–Crippen LogP) is 3.82. The molecule has 2 fully saturated rings. The Hall–Kier alpha value is -1.24. The predicted molar refractivity (Wildman–Crippen MR) is 90.0 cm³/mol. The van der Waals surface area contributed by atoms with E-state index in [0.717, 1.165) is 23.2 Å². The highest BCUT2D eigenvalue weighted by molar-refractivity contribution is 9.10. The quantitative estimate of drug-likeness (QED) is 0.813. The van der Waals surface area contributed by atoms with Crippen molar-refractivity contribution in [2.75, 3.05) is 19.8 Å². The maximum absolute atomic E-state index is 5.68. The fourth-order valence-electron chi connectivity index (χ4n) is 3.62. The molecular weight excluding hydrogens is 358 g/mol. The van der Waals surface area contributed by atoms with Crippen LogP contribution >= 0.6 is 15.9 Å². The van der Waals surface area contributed by atoms with E-state index in [4.69, 9.17) is 9.26 Å². The number of halogens is 1. The Balaban J connectivity index is 1.59. The summed E-state index contributed by atoms with van der Waals surface area (Å²) in [5.74, 6) is 1.31. The van der Waals surface area contributed by atoms with Gasteiger partial charge in [0.15, 0.2) is 0 Å². The van der Waals surface area contributed by atoms with Gasteiger partial charge in [0.2, 0.25) is 11.7 Å². The van der Waals surface area contributed by atoms with Crippen molar-refractivity contribution in [1.29, 1.82) is 0 Å². The van der Waals surface area contributed by atoms with Crippen LogP contribution in [0.3, 0.4) is 0 Å². The summed E-state index contributed by atoms with van der Waals surface area (Å²) in [4.78, 5) is 7.16. The number of hydrogen-bond acceptors (Lipinski definition) is 5. The van der Waals surface area contributed by atoms with Gasteiger partial charge in [0.05, 0.1) is 13.2 Å². The molecule has 1 aliphatic heterocycles. The molecule has 0 amide bonds. The molecule has 23 heavy (non-hydrogen) atoms. The maximum atomic E-state index is 5.68. The second kappa shape index (κ2) is 6.71. The van der Waals surface area contributed by atoms with E-state index < -0.39 is 0 Å². The summed E-state index contributed by atoms with van der Waals surface area (Å²) in [6.45, 7) is 2.38. The van der Waals surface area contributed by atoms with Gasteiger partial charge in [-0.2, -0.15) is 4.98 Å². The third-order valence-electron chi connectivity index (χ3n) is 4.77. The van der Waals surface area contributed by atoms with Gasteiger partial charge in [0.25, 0.3) is 0 Å². The topological polar surface area (TPSA) is 51.4 Å². The van der Waals surface area contributed by atoms with Crippen molar-refractivity contribution in [1.82, 2.24) is 15.0 Å². The van der Waals surface area contributed by atoms with Gasteiger partial charge in [0.1, 0.15) is 6.04 Å². The molecule has 1 aromatic carbocycles. The Kier molecular flexibility index (Phi) is 4.46. The lowest BCUT2D eigenvalue weighted by Crippen LogP contribution is -2.44. The zero-order valence-electron chi connectivity index (χ0n) is 12.9. The standard InChI is InChI=1S/C17H20BrN3O2/c18-13-5-3-4-12(10-13)16-19-17(23-20-16)15-11-22-9-8-21(15)14-6-1-2-7-14/h3-5,10,14-15H,1-2,6-9,11H2/t15-/m1/s1.